The summed E-state index contributed by atoms with van der Waals surface area (Å²) < 4.78 is 11.2. The van der Waals surface area contributed by atoms with E-state index in [4.69, 9.17) is 15.2 Å². The van der Waals surface area contributed by atoms with E-state index in [1.54, 1.807) is 6.20 Å². The Bertz CT molecular complexity index is 868. The van der Waals surface area contributed by atoms with Crippen molar-refractivity contribution in [3.05, 3.63) is 90.1 Å². The molecule has 0 aliphatic rings. The molecule has 0 bridgehead atoms. The Labute approximate surface area is 171 Å². The summed E-state index contributed by atoms with van der Waals surface area (Å²) in [5.74, 6) is 1.81. The molecule has 0 unspecified atom stereocenters. The van der Waals surface area contributed by atoms with Gasteiger partial charge in [0.1, 0.15) is 19.0 Å². The first-order valence-electron chi connectivity index (χ1n) is 9.63. The second-order valence-corrected chi connectivity index (χ2v) is 6.38. The van der Waals surface area contributed by atoms with Crippen molar-refractivity contribution < 1.29 is 9.47 Å². The Kier molecular flexibility index (Phi) is 7.90. The van der Waals surface area contributed by atoms with Gasteiger partial charge in [-0.05, 0) is 29.7 Å². The van der Waals surface area contributed by atoms with Crippen LogP contribution in [0.5, 0.6) is 11.6 Å². The van der Waals surface area contributed by atoms with Crippen molar-refractivity contribution in [1.29, 1.82) is 0 Å². The molecule has 3 aromatic rings. The molecule has 1 heterocycles. The Morgan fingerprint density at radius 3 is 2.31 bits per heavy atom. The number of hydrogen-bond acceptors (Lipinski definition) is 4. The SMILES string of the molecule is NC(=NCc1ccc(OCCOc2ccccc2)nc1)NCCc1ccccc1. The van der Waals surface area contributed by atoms with Crippen molar-refractivity contribution in [3.8, 4) is 11.6 Å². The Balaban J connectivity index is 1.34. The summed E-state index contributed by atoms with van der Waals surface area (Å²) in [6, 6.07) is 23.7. The zero-order valence-corrected chi connectivity index (χ0v) is 16.3. The molecule has 0 aliphatic heterocycles. The van der Waals surface area contributed by atoms with Crippen LogP contribution in [0.15, 0.2) is 84.0 Å². The van der Waals surface area contributed by atoms with Gasteiger partial charge in [-0.25, -0.2) is 9.98 Å². The predicted molar refractivity (Wildman–Crippen MR) is 115 cm³/mol. The number of ether oxygens (including phenoxy) is 2. The van der Waals surface area contributed by atoms with Crippen molar-refractivity contribution in [2.45, 2.75) is 13.0 Å². The van der Waals surface area contributed by atoms with Crippen molar-refractivity contribution >= 4 is 5.96 Å². The highest BCUT2D eigenvalue weighted by Gasteiger charge is 1.99. The predicted octanol–water partition coefficient (Wildman–Crippen LogP) is 3.19. The van der Waals surface area contributed by atoms with Gasteiger partial charge in [0, 0.05) is 18.8 Å². The summed E-state index contributed by atoms with van der Waals surface area (Å²) in [5.41, 5.74) is 8.15. The molecule has 3 rings (SSSR count). The van der Waals surface area contributed by atoms with Crippen molar-refractivity contribution in [3.63, 3.8) is 0 Å². The zero-order valence-electron chi connectivity index (χ0n) is 16.3. The van der Waals surface area contributed by atoms with Crippen molar-refractivity contribution in [1.82, 2.24) is 10.3 Å². The fraction of sp³-hybridized carbons (Fsp3) is 0.217. The number of nitrogens with zero attached hydrogens (tertiary/aromatic N) is 2. The third-order valence-electron chi connectivity index (χ3n) is 4.14. The molecule has 6 nitrogen and oxygen atoms in total. The normalized spacial score (nSPS) is 11.1. The Morgan fingerprint density at radius 1 is 0.862 bits per heavy atom. The van der Waals surface area contributed by atoms with E-state index in [0.717, 1.165) is 24.3 Å². The van der Waals surface area contributed by atoms with E-state index >= 15 is 0 Å². The second kappa shape index (κ2) is 11.3. The van der Waals surface area contributed by atoms with Crippen LogP contribution in [0, 0.1) is 0 Å². The molecule has 0 atom stereocenters. The van der Waals surface area contributed by atoms with Gasteiger partial charge >= 0.3 is 0 Å². The minimum atomic E-state index is 0.428. The van der Waals surface area contributed by atoms with Gasteiger partial charge in [0.05, 0.1) is 6.54 Å². The smallest absolute Gasteiger partial charge is 0.213 e. The van der Waals surface area contributed by atoms with Gasteiger partial charge in [0.15, 0.2) is 5.96 Å². The van der Waals surface area contributed by atoms with Gasteiger partial charge in [-0.1, -0.05) is 54.6 Å². The zero-order chi connectivity index (χ0) is 20.2. The van der Waals surface area contributed by atoms with Crippen molar-refractivity contribution in [2.75, 3.05) is 19.8 Å². The van der Waals surface area contributed by atoms with Crippen LogP contribution in [0.1, 0.15) is 11.1 Å². The van der Waals surface area contributed by atoms with E-state index in [9.17, 15) is 0 Å². The second-order valence-electron chi connectivity index (χ2n) is 6.38. The molecule has 150 valence electrons. The summed E-state index contributed by atoms with van der Waals surface area (Å²) in [6.45, 7) is 2.10. The van der Waals surface area contributed by atoms with Crippen LogP contribution in [0.25, 0.3) is 0 Å². The molecule has 6 heteroatoms. The standard InChI is InChI=1S/C23H26N4O2/c24-23(25-14-13-19-7-3-1-4-8-19)27-18-20-11-12-22(26-17-20)29-16-15-28-21-9-5-2-6-10-21/h1-12,17H,13-16,18H2,(H3,24,25,27). The Hall–Kier alpha value is -3.54. The largest absolute Gasteiger partial charge is 0.490 e. The molecule has 0 amide bonds. The van der Waals surface area contributed by atoms with Gasteiger partial charge in [-0.3, -0.25) is 0 Å². The van der Waals surface area contributed by atoms with Crippen LogP contribution in [-0.4, -0.2) is 30.7 Å². The molecule has 0 fully saturated rings. The van der Waals surface area contributed by atoms with Gasteiger partial charge in [0.25, 0.3) is 0 Å². The van der Waals surface area contributed by atoms with Crippen LogP contribution in [0.2, 0.25) is 0 Å². The van der Waals surface area contributed by atoms with Crippen molar-refractivity contribution in [2.24, 2.45) is 10.7 Å². The topological polar surface area (TPSA) is 81.8 Å². The Morgan fingerprint density at radius 2 is 1.59 bits per heavy atom. The van der Waals surface area contributed by atoms with Gasteiger partial charge in [0.2, 0.25) is 5.88 Å². The molecule has 1 aromatic heterocycles. The highest BCUT2D eigenvalue weighted by molar-refractivity contribution is 5.77. The third-order valence-corrected chi connectivity index (χ3v) is 4.14. The highest BCUT2D eigenvalue weighted by atomic mass is 16.5. The number of hydrogen-bond donors (Lipinski definition) is 2. The van der Waals surface area contributed by atoms with Crippen LogP contribution in [0.3, 0.4) is 0 Å². The quantitative estimate of drug-likeness (QED) is 0.316. The molecule has 0 spiro atoms. The van der Waals surface area contributed by atoms with Gasteiger partial charge in [-0.2, -0.15) is 0 Å². The summed E-state index contributed by atoms with van der Waals surface area (Å²) in [4.78, 5) is 8.64. The number of rotatable bonds is 10. The van der Waals surface area contributed by atoms with E-state index in [1.165, 1.54) is 5.56 Å². The number of para-hydroxylation sites is 1. The molecule has 3 N–H and O–H groups in total. The van der Waals surface area contributed by atoms with Crippen LogP contribution in [0.4, 0.5) is 0 Å². The van der Waals surface area contributed by atoms with E-state index in [1.807, 2.05) is 60.7 Å². The first-order valence-corrected chi connectivity index (χ1v) is 9.63. The molecule has 29 heavy (non-hydrogen) atoms. The summed E-state index contributed by atoms with van der Waals surface area (Å²) >= 11 is 0. The number of nitrogens with one attached hydrogen (secondary N) is 1. The minimum absolute atomic E-state index is 0.428. The molecular weight excluding hydrogens is 364 g/mol. The highest BCUT2D eigenvalue weighted by Crippen LogP contribution is 2.10. The number of pyridine rings is 1. The molecule has 0 saturated heterocycles. The fourth-order valence-electron chi connectivity index (χ4n) is 2.62. The lowest BCUT2D eigenvalue weighted by molar-refractivity contribution is 0.212. The van der Waals surface area contributed by atoms with E-state index < -0.39 is 0 Å². The number of benzene rings is 2. The molecule has 0 radical (unpaired) electrons. The molecule has 0 saturated carbocycles. The number of aromatic nitrogens is 1. The average molecular weight is 390 g/mol. The maximum atomic E-state index is 5.92. The maximum Gasteiger partial charge on any atom is 0.213 e. The average Bonchev–Trinajstić information content (AvgIpc) is 2.77. The summed E-state index contributed by atoms with van der Waals surface area (Å²) in [7, 11) is 0. The monoisotopic (exact) mass is 390 g/mol. The van der Waals surface area contributed by atoms with Crippen LogP contribution < -0.4 is 20.5 Å². The first-order chi connectivity index (χ1) is 14.3. The molecular formula is C23H26N4O2. The summed E-state index contributed by atoms with van der Waals surface area (Å²) in [5, 5.41) is 3.13. The lowest BCUT2D eigenvalue weighted by Crippen LogP contribution is -2.33. The molecule has 2 aromatic carbocycles. The number of nitrogens with two attached hydrogens (primary N) is 1. The van der Waals surface area contributed by atoms with Crippen LogP contribution in [-0.2, 0) is 13.0 Å². The lowest BCUT2D eigenvalue weighted by atomic mass is 10.1. The fourth-order valence-corrected chi connectivity index (χ4v) is 2.62. The van der Waals surface area contributed by atoms with Gasteiger partial charge < -0.3 is 20.5 Å². The first kappa shape index (κ1) is 20.2. The van der Waals surface area contributed by atoms with E-state index in [2.05, 4.69) is 27.4 Å². The van der Waals surface area contributed by atoms with Crippen LogP contribution >= 0.6 is 0 Å². The molecule has 0 aliphatic carbocycles. The minimum Gasteiger partial charge on any atom is -0.490 e. The van der Waals surface area contributed by atoms with E-state index in [0.29, 0.717) is 31.6 Å². The van der Waals surface area contributed by atoms with E-state index in [-0.39, 0.29) is 0 Å². The third kappa shape index (κ3) is 7.54. The summed E-state index contributed by atoms with van der Waals surface area (Å²) in [6.07, 6.45) is 2.65. The lowest BCUT2D eigenvalue weighted by Gasteiger charge is -2.08. The van der Waals surface area contributed by atoms with Gasteiger partial charge in [-0.15, -0.1) is 0 Å². The number of guanidine groups is 1. The number of aliphatic imine (C=N–C) groups is 1. The maximum absolute atomic E-state index is 5.92.